The fraction of sp³-hybridized carbons (Fsp3) is 0.250. The molecule has 184 valence electrons. The SMILES string of the molecule is COC(=O)CN1C(=O)CC(c2cccc(Cl)c2)C2(C(=O)Nc3cc(Cl)ccc32)C1c1ccccc1C. The van der Waals surface area contributed by atoms with Crippen LogP contribution < -0.4 is 5.32 Å². The molecule has 1 saturated heterocycles. The number of halogens is 2. The third-order valence-corrected chi connectivity index (χ3v) is 7.77. The Hall–Kier alpha value is -3.35. The average Bonchev–Trinajstić information content (AvgIpc) is 3.13. The van der Waals surface area contributed by atoms with Gasteiger partial charge in [0.15, 0.2) is 0 Å². The Balaban J connectivity index is 1.86. The summed E-state index contributed by atoms with van der Waals surface area (Å²) in [5, 5.41) is 4.02. The summed E-state index contributed by atoms with van der Waals surface area (Å²) in [5.74, 6) is -1.63. The largest absolute Gasteiger partial charge is 0.468 e. The molecule has 1 spiro atoms. The summed E-state index contributed by atoms with van der Waals surface area (Å²) in [4.78, 5) is 42.0. The van der Waals surface area contributed by atoms with Crippen LogP contribution in [-0.2, 0) is 24.5 Å². The third-order valence-electron chi connectivity index (χ3n) is 7.30. The number of rotatable bonds is 4. The van der Waals surface area contributed by atoms with E-state index in [0.717, 1.165) is 22.3 Å². The lowest BCUT2D eigenvalue weighted by molar-refractivity contribution is -0.155. The van der Waals surface area contributed by atoms with Crippen molar-refractivity contribution < 1.29 is 19.1 Å². The van der Waals surface area contributed by atoms with E-state index < -0.39 is 23.3 Å². The Morgan fingerprint density at radius 3 is 2.53 bits per heavy atom. The molecule has 3 aromatic carbocycles. The first-order chi connectivity index (χ1) is 17.3. The number of amides is 2. The molecule has 2 amide bonds. The van der Waals surface area contributed by atoms with Gasteiger partial charge in [-0.1, -0.05) is 65.7 Å². The predicted molar refractivity (Wildman–Crippen MR) is 138 cm³/mol. The van der Waals surface area contributed by atoms with Crippen LogP contribution in [0.5, 0.6) is 0 Å². The van der Waals surface area contributed by atoms with Gasteiger partial charge in [-0.15, -0.1) is 0 Å². The Morgan fingerprint density at radius 2 is 1.81 bits per heavy atom. The molecule has 2 heterocycles. The summed E-state index contributed by atoms with van der Waals surface area (Å²) in [6.07, 6.45) is 0.00913. The van der Waals surface area contributed by atoms with Gasteiger partial charge in [-0.3, -0.25) is 14.4 Å². The second-order valence-corrected chi connectivity index (χ2v) is 10.1. The maximum absolute atomic E-state index is 14.2. The van der Waals surface area contributed by atoms with Crippen molar-refractivity contribution in [1.29, 1.82) is 0 Å². The molecule has 2 aliphatic heterocycles. The lowest BCUT2D eigenvalue weighted by Crippen LogP contribution is -2.59. The first-order valence-corrected chi connectivity index (χ1v) is 12.3. The highest BCUT2D eigenvalue weighted by Crippen LogP contribution is 2.60. The van der Waals surface area contributed by atoms with Crippen molar-refractivity contribution in [2.24, 2.45) is 0 Å². The van der Waals surface area contributed by atoms with Crippen molar-refractivity contribution in [3.05, 3.63) is 99.0 Å². The zero-order valence-corrected chi connectivity index (χ0v) is 21.3. The molecule has 0 aromatic heterocycles. The Kier molecular flexibility index (Phi) is 6.27. The minimum Gasteiger partial charge on any atom is -0.468 e. The van der Waals surface area contributed by atoms with Crippen LogP contribution >= 0.6 is 23.2 Å². The molecule has 1 N–H and O–H groups in total. The molecule has 3 unspecified atom stereocenters. The highest BCUT2D eigenvalue weighted by molar-refractivity contribution is 6.31. The number of fused-ring (bicyclic) bond motifs is 2. The number of nitrogens with one attached hydrogen (secondary N) is 1. The monoisotopic (exact) mass is 522 g/mol. The van der Waals surface area contributed by atoms with E-state index in [0.29, 0.717) is 15.7 Å². The number of anilines is 1. The van der Waals surface area contributed by atoms with Gasteiger partial charge in [-0.05, 0) is 53.4 Å². The topological polar surface area (TPSA) is 75.7 Å². The van der Waals surface area contributed by atoms with E-state index in [1.54, 1.807) is 24.3 Å². The van der Waals surface area contributed by atoms with E-state index in [4.69, 9.17) is 27.9 Å². The Labute approximate surface area is 219 Å². The number of hydrogen-bond acceptors (Lipinski definition) is 4. The molecule has 2 aliphatic rings. The van der Waals surface area contributed by atoms with E-state index >= 15 is 0 Å². The second kappa shape index (κ2) is 9.26. The molecule has 0 saturated carbocycles. The number of likely N-dealkylation sites (tertiary alicyclic amines) is 1. The normalized spacial score (nSPS) is 22.9. The van der Waals surface area contributed by atoms with Crippen LogP contribution in [0.15, 0.2) is 66.7 Å². The zero-order valence-electron chi connectivity index (χ0n) is 19.8. The molecule has 5 rings (SSSR count). The molecule has 6 nitrogen and oxygen atoms in total. The maximum Gasteiger partial charge on any atom is 0.325 e. The number of carbonyl (C=O) groups excluding carboxylic acids is 3. The van der Waals surface area contributed by atoms with E-state index in [2.05, 4.69) is 5.32 Å². The van der Waals surface area contributed by atoms with Crippen LogP contribution in [0, 0.1) is 6.92 Å². The smallest absolute Gasteiger partial charge is 0.325 e. The fourth-order valence-corrected chi connectivity index (χ4v) is 6.14. The van der Waals surface area contributed by atoms with Gasteiger partial charge in [0.2, 0.25) is 11.8 Å². The molecule has 3 aromatic rings. The third kappa shape index (κ3) is 3.76. The van der Waals surface area contributed by atoms with Gasteiger partial charge in [0.25, 0.3) is 0 Å². The number of methoxy groups -OCH3 is 1. The first kappa shape index (κ1) is 24.3. The van der Waals surface area contributed by atoms with Gasteiger partial charge in [0, 0.05) is 28.1 Å². The van der Waals surface area contributed by atoms with E-state index in [1.165, 1.54) is 12.0 Å². The highest BCUT2D eigenvalue weighted by atomic mass is 35.5. The lowest BCUT2D eigenvalue weighted by atomic mass is 9.58. The number of piperidine rings is 1. The van der Waals surface area contributed by atoms with E-state index in [-0.39, 0.29) is 24.8 Å². The van der Waals surface area contributed by atoms with Crippen molar-refractivity contribution in [2.75, 3.05) is 19.0 Å². The van der Waals surface area contributed by atoms with E-state index in [9.17, 15) is 14.4 Å². The van der Waals surface area contributed by atoms with Gasteiger partial charge in [-0.2, -0.15) is 0 Å². The molecule has 0 bridgehead atoms. The van der Waals surface area contributed by atoms with Gasteiger partial charge >= 0.3 is 5.97 Å². The number of ether oxygens (including phenoxy) is 1. The number of benzene rings is 3. The summed E-state index contributed by atoms with van der Waals surface area (Å²) in [5.41, 5.74) is 2.50. The van der Waals surface area contributed by atoms with Crippen LogP contribution in [0.4, 0.5) is 5.69 Å². The van der Waals surface area contributed by atoms with Crippen LogP contribution in [0.1, 0.15) is 40.6 Å². The number of carbonyl (C=O) groups is 3. The van der Waals surface area contributed by atoms with Crippen LogP contribution in [-0.4, -0.2) is 36.3 Å². The summed E-state index contributed by atoms with van der Waals surface area (Å²) in [6, 6.07) is 19.4. The number of aryl methyl sites for hydroxylation is 1. The minimum absolute atomic E-state index is 0.00913. The van der Waals surface area contributed by atoms with Crippen molar-refractivity contribution in [3.63, 3.8) is 0 Å². The molecule has 3 atom stereocenters. The number of nitrogens with zero attached hydrogens (tertiary/aromatic N) is 1. The molecule has 0 radical (unpaired) electrons. The number of esters is 1. The van der Waals surface area contributed by atoms with E-state index in [1.807, 2.05) is 49.4 Å². The minimum atomic E-state index is -1.25. The van der Waals surface area contributed by atoms with Gasteiger partial charge in [0.05, 0.1) is 13.2 Å². The number of hydrogen-bond donors (Lipinski definition) is 1. The van der Waals surface area contributed by atoms with Crippen LogP contribution in [0.3, 0.4) is 0 Å². The molecular weight excluding hydrogens is 499 g/mol. The molecule has 36 heavy (non-hydrogen) atoms. The van der Waals surface area contributed by atoms with Crippen LogP contribution in [0.2, 0.25) is 10.0 Å². The quantitative estimate of drug-likeness (QED) is 0.464. The Morgan fingerprint density at radius 1 is 1.06 bits per heavy atom. The second-order valence-electron chi connectivity index (χ2n) is 9.18. The van der Waals surface area contributed by atoms with Gasteiger partial charge < -0.3 is 15.0 Å². The molecule has 1 fully saturated rings. The first-order valence-electron chi connectivity index (χ1n) is 11.6. The van der Waals surface area contributed by atoms with Crippen molar-refractivity contribution in [1.82, 2.24) is 4.90 Å². The van der Waals surface area contributed by atoms with Crippen LogP contribution in [0.25, 0.3) is 0 Å². The standard InChI is InChI=1S/C28H24Cl2N2O4/c1-16-6-3-4-9-20(16)26-28(21-11-10-19(30)13-23(21)31-27(28)35)22(17-7-5-8-18(29)12-17)14-24(33)32(26)15-25(34)36-2/h3-13,22,26H,14-15H2,1-2H3,(H,31,35). The summed E-state index contributed by atoms with van der Waals surface area (Å²) >= 11 is 12.7. The molecule has 0 aliphatic carbocycles. The summed E-state index contributed by atoms with van der Waals surface area (Å²) < 4.78 is 4.94. The highest BCUT2D eigenvalue weighted by Gasteiger charge is 2.63. The zero-order chi connectivity index (χ0) is 25.6. The fourth-order valence-electron chi connectivity index (χ4n) is 5.77. The molecule has 8 heteroatoms. The lowest BCUT2D eigenvalue weighted by Gasteiger charge is -2.51. The average molecular weight is 523 g/mol. The Bertz CT molecular complexity index is 1390. The van der Waals surface area contributed by atoms with Crippen molar-refractivity contribution in [3.8, 4) is 0 Å². The summed E-state index contributed by atoms with van der Waals surface area (Å²) in [6.45, 7) is 1.65. The maximum atomic E-state index is 14.2. The molecular formula is C28H24Cl2N2O4. The summed E-state index contributed by atoms with van der Waals surface area (Å²) in [7, 11) is 1.28. The van der Waals surface area contributed by atoms with Crippen molar-refractivity contribution >= 4 is 46.7 Å². The van der Waals surface area contributed by atoms with Gasteiger partial charge in [-0.25, -0.2) is 0 Å². The van der Waals surface area contributed by atoms with Crippen molar-refractivity contribution in [2.45, 2.75) is 30.7 Å². The predicted octanol–water partition coefficient (Wildman–Crippen LogP) is 5.42. The van der Waals surface area contributed by atoms with Gasteiger partial charge in [0.1, 0.15) is 12.0 Å².